The normalized spacial score (nSPS) is 10.5. The number of amides is 1. The summed E-state index contributed by atoms with van der Waals surface area (Å²) in [6.45, 7) is 3.77. The summed E-state index contributed by atoms with van der Waals surface area (Å²) in [6, 6.07) is 12.1. The molecule has 0 aliphatic carbocycles. The molecule has 0 spiro atoms. The number of ether oxygens (including phenoxy) is 1. The molecule has 0 radical (unpaired) electrons. The van der Waals surface area contributed by atoms with Crippen LogP contribution in [0.4, 0.5) is 5.69 Å². The van der Waals surface area contributed by atoms with Crippen molar-refractivity contribution in [1.82, 2.24) is 0 Å². The molecule has 2 rings (SSSR count). The van der Waals surface area contributed by atoms with E-state index in [1.807, 2.05) is 24.3 Å². The van der Waals surface area contributed by atoms with Crippen molar-refractivity contribution in [2.75, 3.05) is 11.9 Å². The van der Waals surface area contributed by atoms with Gasteiger partial charge in [0.25, 0.3) is 5.91 Å². The van der Waals surface area contributed by atoms with Gasteiger partial charge in [0.1, 0.15) is 0 Å². The zero-order chi connectivity index (χ0) is 17.7. The third kappa shape index (κ3) is 4.73. The van der Waals surface area contributed by atoms with Crippen molar-refractivity contribution in [3.8, 4) is 0 Å². The minimum atomic E-state index is -0.701. The molecule has 1 N–H and O–H groups in total. The number of hydrogen-bond acceptors (Lipinski definition) is 3. The van der Waals surface area contributed by atoms with Gasteiger partial charge in [0.05, 0.1) is 15.6 Å². The lowest BCUT2D eigenvalue weighted by Crippen LogP contribution is -2.21. The molecule has 0 aromatic heterocycles. The molecule has 2 aromatic carbocycles. The van der Waals surface area contributed by atoms with Crippen molar-refractivity contribution in [3.63, 3.8) is 0 Å². The maximum atomic E-state index is 11.9. The van der Waals surface area contributed by atoms with Gasteiger partial charge in [0, 0.05) is 5.69 Å². The highest BCUT2D eigenvalue weighted by Crippen LogP contribution is 2.26. The molecule has 1 amide bonds. The predicted octanol–water partition coefficient (Wildman–Crippen LogP) is 4.91. The number of anilines is 1. The number of carbonyl (C=O) groups excluding carboxylic acids is 2. The molecule has 2 aromatic rings. The first-order chi connectivity index (χ1) is 11.4. The van der Waals surface area contributed by atoms with Gasteiger partial charge in [-0.15, -0.1) is 0 Å². The lowest BCUT2D eigenvalue weighted by atomic mass is 10.0. The summed E-state index contributed by atoms with van der Waals surface area (Å²) in [6.07, 6.45) is 0. The Kier molecular flexibility index (Phi) is 6.23. The number of carbonyl (C=O) groups is 2. The first-order valence-electron chi connectivity index (χ1n) is 7.39. The Labute approximate surface area is 150 Å². The molecule has 0 aliphatic heterocycles. The van der Waals surface area contributed by atoms with E-state index in [1.54, 1.807) is 12.1 Å². The molecule has 0 atom stereocenters. The molecule has 126 valence electrons. The summed E-state index contributed by atoms with van der Waals surface area (Å²) in [5, 5.41) is 3.02. The van der Waals surface area contributed by atoms with E-state index < -0.39 is 18.5 Å². The first kappa shape index (κ1) is 18.3. The molecular weight excluding hydrogens is 349 g/mol. The first-order valence-corrected chi connectivity index (χ1v) is 8.15. The average Bonchev–Trinajstić information content (AvgIpc) is 2.55. The molecule has 0 aliphatic rings. The van der Waals surface area contributed by atoms with Crippen molar-refractivity contribution < 1.29 is 14.3 Å². The van der Waals surface area contributed by atoms with Gasteiger partial charge in [-0.05, 0) is 35.7 Å². The highest BCUT2D eigenvalue weighted by molar-refractivity contribution is 6.43. The molecule has 6 heteroatoms. The Morgan fingerprint density at radius 3 is 2.38 bits per heavy atom. The number of benzene rings is 2. The van der Waals surface area contributed by atoms with E-state index in [0.29, 0.717) is 11.6 Å². The van der Waals surface area contributed by atoms with Gasteiger partial charge in [-0.1, -0.05) is 55.2 Å². The minimum Gasteiger partial charge on any atom is -0.452 e. The third-order valence-electron chi connectivity index (χ3n) is 3.37. The molecule has 0 saturated carbocycles. The van der Waals surface area contributed by atoms with Gasteiger partial charge in [0.15, 0.2) is 6.61 Å². The maximum absolute atomic E-state index is 11.9. The van der Waals surface area contributed by atoms with Crippen molar-refractivity contribution in [2.24, 2.45) is 0 Å². The number of nitrogens with one attached hydrogen (secondary N) is 1. The van der Waals surface area contributed by atoms with Crippen LogP contribution in [-0.2, 0) is 9.53 Å². The van der Waals surface area contributed by atoms with Crippen LogP contribution < -0.4 is 5.32 Å². The van der Waals surface area contributed by atoms with Gasteiger partial charge in [-0.3, -0.25) is 4.79 Å². The molecule has 0 unspecified atom stereocenters. The standard InChI is InChI=1S/C18H17Cl2NO3/c1-11(2)12-6-8-13(9-7-12)21-16(22)10-24-18(23)14-4-3-5-15(19)17(14)20/h3-9,11H,10H2,1-2H3,(H,21,22). The van der Waals surface area contributed by atoms with Crippen LogP contribution in [0, 0.1) is 0 Å². The second kappa shape index (κ2) is 8.18. The Morgan fingerprint density at radius 1 is 1.08 bits per heavy atom. The van der Waals surface area contributed by atoms with E-state index in [4.69, 9.17) is 27.9 Å². The van der Waals surface area contributed by atoms with Crippen molar-refractivity contribution >= 4 is 40.8 Å². The Bertz CT molecular complexity index is 742. The van der Waals surface area contributed by atoms with Crippen LogP contribution in [0.3, 0.4) is 0 Å². The smallest absolute Gasteiger partial charge is 0.340 e. The predicted molar refractivity (Wildman–Crippen MR) is 95.9 cm³/mol. The fourth-order valence-corrected chi connectivity index (χ4v) is 2.40. The van der Waals surface area contributed by atoms with Crippen LogP contribution in [0.25, 0.3) is 0 Å². The fourth-order valence-electron chi connectivity index (χ4n) is 2.02. The van der Waals surface area contributed by atoms with E-state index in [9.17, 15) is 9.59 Å². The highest BCUT2D eigenvalue weighted by Gasteiger charge is 2.15. The summed E-state index contributed by atoms with van der Waals surface area (Å²) in [5.74, 6) is -0.718. The van der Waals surface area contributed by atoms with Crippen LogP contribution in [0.5, 0.6) is 0 Å². The Morgan fingerprint density at radius 2 is 1.75 bits per heavy atom. The molecule has 24 heavy (non-hydrogen) atoms. The van der Waals surface area contributed by atoms with Gasteiger partial charge >= 0.3 is 5.97 Å². The van der Waals surface area contributed by atoms with Crippen LogP contribution in [0.2, 0.25) is 10.0 Å². The number of rotatable bonds is 5. The van der Waals surface area contributed by atoms with E-state index in [-0.39, 0.29) is 15.6 Å². The zero-order valence-electron chi connectivity index (χ0n) is 13.3. The molecule has 0 saturated heterocycles. The number of halogens is 2. The van der Waals surface area contributed by atoms with Gasteiger partial charge < -0.3 is 10.1 Å². The molecular formula is C18H17Cl2NO3. The third-order valence-corrected chi connectivity index (χ3v) is 4.19. The van der Waals surface area contributed by atoms with Crippen molar-refractivity contribution in [2.45, 2.75) is 19.8 Å². The summed E-state index contributed by atoms with van der Waals surface area (Å²) in [5.41, 5.74) is 1.94. The van der Waals surface area contributed by atoms with Crippen molar-refractivity contribution in [1.29, 1.82) is 0 Å². The van der Waals surface area contributed by atoms with Crippen molar-refractivity contribution in [3.05, 3.63) is 63.6 Å². The second-order valence-corrected chi connectivity index (χ2v) is 6.29. The summed E-state index contributed by atoms with van der Waals surface area (Å²) in [4.78, 5) is 23.8. The SMILES string of the molecule is CC(C)c1ccc(NC(=O)COC(=O)c2cccc(Cl)c2Cl)cc1. The van der Waals surface area contributed by atoms with Crippen LogP contribution in [0.1, 0.15) is 35.7 Å². The van der Waals surface area contributed by atoms with E-state index in [1.165, 1.54) is 11.6 Å². The van der Waals surface area contributed by atoms with Gasteiger partial charge in [0.2, 0.25) is 0 Å². The maximum Gasteiger partial charge on any atom is 0.340 e. The van der Waals surface area contributed by atoms with Gasteiger partial charge in [-0.2, -0.15) is 0 Å². The van der Waals surface area contributed by atoms with Crippen LogP contribution in [0.15, 0.2) is 42.5 Å². The monoisotopic (exact) mass is 365 g/mol. The fraction of sp³-hybridized carbons (Fsp3) is 0.222. The summed E-state index contributed by atoms with van der Waals surface area (Å²) >= 11 is 11.8. The average molecular weight is 366 g/mol. The lowest BCUT2D eigenvalue weighted by molar-refractivity contribution is -0.119. The Hall–Kier alpha value is -2.04. The van der Waals surface area contributed by atoms with Crippen LogP contribution >= 0.6 is 23.2 Å². The summed E-state index contributed by atoms with van der Waals surface area (Å²) in [7, 11) is 0. The topological polar surface area (TPSA) is 55.4 Å². The molecule has 0 heterocycles. The number of esters is 1. The highest BCUT2D eigenvalue weighted by atomic mass is 35.5. The second-order valence-electron chi connectivity index (χ2n) is 5.50. The molecule has 0 bridgehead atoms. The van der Waals surface area contributed by atoms with E-state index in [2.05, 4.69) is 19.2 Å². The minimum absolute atomic E-state index is 0.105. The lowest BCUT2D eigenvalue weighted by Gasteiger charge is -2.09. The zero-order valence-corrected chi connectivity index (χ0v) is 14.8. The van der Waals surface area contributed by atoms with E-state index >= 15 is 0 Å². The van der Waals surface area contributed by atoms with Crippen LogP contribution in [-0.4, -0.2) is 18.5 Å². The largest absolute Gasteiger partial charge is 0.452 e. The molecule has 4 nitrogen and oxygen atoms in total. The van der Waals surface area contributed by atoms with Gasteiger partial charge in [-0.25, -0.2) is 4.79 Å². The summed E-state index contributed by atoms with van der Waals surface area (Å²) < 4.78 is 4.97. The molecule has 0 fully saturated rings. The quantitative estimate of drug-likeness (QED) is 0.765. The number of hydrogen-bond donors (Lipinski definition) is 1. The Balaban J connectivity index is 1.91. The van der Waals surface area contributed by atoms with E-state index in [0.717, 1.165) is 0 Å².